The van der Waals surface area contributed by atoms with Gasteiger partial charge in [0, 0.05) is 0 Å². The molecule has 0 saturated heterocycles. The highest BCUT2D eigenvalue weighted by Crippen LogP contribution is 2.29. The summed E-state index contributed by atoms with van der Waals surface area (Å²) in [7, 11) is 0. The standard InChI is InChI=1S/C13H13BrN2O4/c1-2-19-9-3-5-11(12(7-9)16(17)18)15-8-10-4-6-13(14)20-10/h3-7,15H,2,8H2,1H3. The van der Waals surface area contributed by atoms with Crippen LogP contribution in [0.25, 0.3) is 0 Å². The number of nitrogens with zero attached hydrogens (tertiary/aromatic N) is 1. The Kier molecular flexibility index (Phi) is 4.62. The van der Waals surface area contributed by atoms with E-state index < -0.39 is 4.92 Å². The Morgan fingerprint density at radius 1 is 1.40 bits per heavy atom. The highest BCUT2D eigenvalue weighted by atomic mass is 79.9. The maximum atomic E-state index is 11.1. The number of nitrogens with one attached hydrogen (secondary N) is 1. The van der Waals surface area contributed by atoms with Crippen LogP contribution in [0.5, 0.6) is 5.75 Å². The van der Waals surface area contributed by atoms with Gasteiger partial charge >= 0.3 is 0 Å². The summed E-state index contributed by atoms with van der Waals surface area (Å²) in [6.45, 7) is 2.65. The van der Waals surface area contributed by atoms with Gasteiger partial charge in [0.1, 0.15) is 17.2 Å². The van der Waals surface area contributed by atoms with Crippen LogP contribution in [0.15, 0.2) is 39.4 Å². The van der Waals surface area contributed by atoms with Crippen LogP contribution in [0, 0.1) is 10.1 Å². The van der Waals surface area contributed by atoms with Crippen molar-refractivity contribution in [2.75, 3.05) is 11.9 Å². The molecule has 6 nitrogen and oxygen atoms in total. The van der Waals surface area contributed by atoms with E-state index in [2.05, 4.69) is 21.2 Å². The average Bonchev–Trinajstić information content (AvgIpc) is 2.83. The largest absolute Gasteiger partial charge is 0.494 e. The van der Waals surface area contributed by atoms with Crippen molar-refractivity contribution in [1.82, 2.24) is 0 Å². The Hall–Kier alpha value is -2.02. The quantitative estimate of drug-likeness (QED) is 0.636. The first-order chi connectivity index (χ1) is 9.60. The van der Waals surface area contributed by atoms with Crippen molar-refractivity contribution in [3.05, 3.63) is 50.9 Å². The van der Waals surface area contributed by atoms with Gasteiger partial charge in [-0.15, -0.1) is 0 Å². The number of benzene rings is 1. The molecule has 0 atom stereocenters. The van der Waals surface area contributed by atoms with Gasteiger partial charge in [-0.2, -0.15) is 0 Å². The van der Waals surface area contributed by atoms with E-state index in [1.54, 1.807) is 24.3 Å². The lowest BCUT2D eigenvalue weighted by molar-refractivity contribution is -0.384. The van der Waals surface area contributed by atoms with Gasteiger partial charge in [-0.25, -0.2) is 0 Å². The van der Waals surface area contributed by atoms with E-state index in [1.807, 2.05) is 6.92 Å². The number of hydrogen-bond acceptors (Lipinski definition) is 5. The molecule has 1 aromatic heterocycles. The van der Waals surface area contributed by atoms with Crippen LogP contribution in [0.4, 0.5) is 11.4 Å². The van der Waals surface area contributed by atoms with Crippen LogP contribution >= 0.6 is 15.9 Å². The fourth-order valence-corrected chi connectivity index (χ4v) is 2.04. The molecule has 0 amide bonds. The highest BCUT2D eigenvalue weighted by molar-refractivity contribution is 9.10. The first-order valence-electron chi connectivity index (χ1n) is 5.99. The zero-order valence-corrected chi connectivity index (χ0v) is 12.3. The number of hydrogen-bond donors (Lipinski definition) is 1. The monoisotopic (exact) mass is 340 g/mol. The second-order valence-electron chi connectivity index (χ2n) is 3.93. The fourth-order valence-electron chi connectivity index (χ4n) is 1.70. The number of halogens is 1. The molecular weight excluding hydrogens is 328 g/mol. The van der Waals surface area contributed by atoms with Crippen molar-refractivity contribution in [2.24, 2.45) is 0 Å². The third-order valence-corrected chi connectivity index (χ3v) is 2.99. The minimum Gasteiger partial charge on any atom is -0.494 e. The fraction of sp³-hybridized carbons (Fsp3) is 0.231. The number of nitro groups is 1. The van der Waals surface area contributed by atoms with Gasteiger partial charge in [0.25, 0.3) is 5.69 Å². The molecule has 1 aromatic carbocycles. The number of furan rings is 1. The second-order valence-corrected chi connectivity index (χ2v) is 4.71. The van der Waals surface area contributed by atoms with Crippen molar-refractivity contribution in [3.8, 4) is 5.75 Å². The Morgan fingerprint density at radius 3 is 2.80 bits per heavy atom. The summed E-state index contributed by atoms with van der Waals surface area (Å²) < 4.78 is 11.2. The predicted octanol–water partition coefficient (Wildman–Crippen LogP) is 3.96. The van der Waals surface area contributed by atoms with Crippen molar-refractivity contribution >= 4 is 27.3 Å². The lowest BCUT2D eigenvalue weighted by Crippen LogP contribution is -2.02. The van der Waals surface area contributed by atoms with Crippen LogP contribution in [-0.4, -0.2) is 11.5 Å². The van der Waals surface area contributed by atoms with E-state index in [4.69, 9.17) is 9.15 Å². The molecule has 0 unspecified atom stereocenters. The molecule has 0 spiro atoms. The second kappa shape index (κ2) is 6.42. The molecule has 0 bridgehead atoms. The minimum absolute atomic E-state index is 0.0263. The number of ether oxygens (including phenoxy) is 1. The van der Waals surface area contributed by atoms with E-state index in [0.29, 0.717) is 35.0 Å². The summed E-state index contributed by atoms with van der Waals surface area (Å²) in [4.78, 5) is 10.6. The summed E-state index contributed by atoms with van der Waals surface area (Å²) in [5.41, 5.74) is 0.396. The molecule has 7 heteroatoms. The van der Waals surface area contributed by atoms with E-state index in [-0.39, 0.29) is 5.69 Å². The van der Waals surface area contributed by atoms with Crippen LogP contribution in [0.2, 0.25) is 0 Å². The molecule has 1 N–H and O–H groups in total. The van der Waals surface area contributed by atoms with E-state index in [0.717, 1.165) is 0 Å². The molecule has 0 radical (unpaired) electrons. The molecule has 106 valence electrons. The number of anilines is 1. The Balaban J connectivity index is 2.15. The lowest BCUT2D eigenvalue weighted by atomic mass is 10.2. The minimum atomic E-state index is -0.442. The average molecular weight is 341 g/mol. The molecule has 0 fully saturated rings. The van der Waals surface area contributed by atoms with Crippen LogP contribution in [0.3, 0.4) is 0 Å². The van der Waals surface area contributed by atoms with Gasteiger partial charge in [-0.05, 0) is 47.1 Å². The SMILES string of the molecule is CCOc1ccc(NCc2ccc(Br)o2)c([N+](=O)[O-])c1. The molecule has 2 rings (SSSR count). The Labute approximate surface area is 124 Å². The summed E-state index contributed by atoms with van der Waals surface area (Å²) in [5.74, 6) is 1.16. The number of nitro benzene ring substituents is 1. The van der Waals surface area contributed by atoms with Gasteiger partial charge in [0.2, 0.25) is 0 Å². The van der Waals surface area contributed by atoms with Crippen molar-refractivity contribution in [1.29, 1.82) is 0 Å². The van der Waals surface area contributed by atoms with E-state index in [1.165, 1.54) is 6.07 Å². The van der Waals surface area contributed by atoms with Gasteiger partial charge in [0.15, 0.2) is 4.67 Å². The summed E-state index contributed by atoms with van der Waals surface area (Å²) in [6.07, 6.45) is 0. The third-order valence-electron chi connectivity index (χ3n) is 2.56. The molecule has 0 aliphatic carbocycles. The smallest absolute Gasteiger partial charge is 0.296 e. The normalized spacial score (nSPS) is 10.3. The maximum absolute atomic E-state index is 11.1. The molecule has 2 aromatic rings. The van der Waals surface area contributed by atoms with E-state index >= 15 is 0 Å². The summed E-state index contributed by atoms with van der Waals surface area (Å²) >= 11 is 3.20. The Bertz CT molecular complexity index is 612. The molecule has 0 aliphatic rings. The van der Waals surface area contributed by atoms with Crippen molar-refractivity contribution in [2.45, 2.75) is 13.5 Å². The molecule has 20 heavy (non-hydrogen) atoms. The predicted molar refractivity (Wildman–Crippen MR) is 78.0 cm³/mol. The molecular formula is C13H13BrN2O4. The highest BCUT2D eigenvalue weighted by Gasteiger charge is 2.15. The summed E-state index contributed by atoms with van der Waals surface area (Å²) in [6, 6.07) is 8.28. The van der Waals surface area contributed by atoms with Gasteiger partial charge in [-0.3, -0.25) is 10.1 Å². The molecule has 0 saturated carbocycles. The Morgan fingerprint density at radius 2 is 2.20 bits per heavy atom. The lowest BCUT2D eigenvalue weighted by Gasteiger charge is -2.08. The van der Waals surface area contributed by atoms with Gasteiger partial charge in [-0.1, -0.05) is 0 Å². The first-order valence-corrected chi connectivity index (χ1v) is 6.78. The zero-order valence-electron chi connectivity index (χ0n) is 10.8. The topological polar surface area (TPSA) is 77.5 Å². The van der Waals surface area contributed by atoms with Crippen LogP contribution in [-0.2, 0) is 6.54 Å². The summed E-state index contributed by atoms with van der Waals surface area (Å²) in [5, 5.41) is 14.1. The van der Waals surface area contributed by atoms with Gasteiger partial charge in [0.05, 0.1) is 24.1 Å². The maximum Gasteiger partial charge on any atom is 0.296 e. The van der Waals surface area contributed by atoms with Crippen molar-refractivity contribution < 1.29 is 14.1 Å². The molecule has 0 aliphatic heterocycles. The zero-order chi connectivity index (χ0) is 14.5. The van der Waals surface area contributed by atoms with Gasteiger partial charge < -0.3 is 14.5 Å². The number of rotatable bonds is 6. The first kappa shape index (κ1) is 14.4. The van der Waals surface area contributed by atoms with Crippen LogP contribution in [0.1, 0.15) is 12.7 Å². The third kappa shape index (κ3) is 3.51. The molecule has 1 heterocycles. The van der Waals surface area contributed by atoms with E-state index in [9.17, 15) is 10.1 Å². The van der Waals surface area contributed by atoms with Crippen LogP contribution < -0.4 is 10.1 Å². The van der Waals surface area contributed by atoms with Crippen molar-refractivity contribution in [3.63, 3.8) is 0 Å².